The van der Waals surface area contributed by atoms with Crippen LogP contribution in [0.25, 0.3) is 0 Å². The van der Waals surface area contributed by atoms with Crippen molar-refractivity contribution in [2.45, 2.75) is 25.2 Å². The highest BCUT2D eigenvalue weighted by molar-refractivity contribution is 9.10. The molecule has 1 aliphatic carbocycles. The van der Waals surface area contributed by atoms with Crippen LogP contribution in [0.5, 0.6) is 0 Å². The predicted octanol–water partition coefficient (Wildman–Crippen LogP) is 2.19. The minimum absolute atomic E-state index is 0.140. The Bertz CT molecular complexity index is 443. The highest BCUT2D eigenvalue weighted by atomic mass is 79.9. The van der Waals surface area contributed by atoms with Crippen molar-refractivity contribution < 1.29 is 4.79 Å². The molecule has 1 aromatic rings. The number of carbonyl (C=O) groups excluding carboxylic acids is 1. The smallest absolute Gasteiger partial charge is 0.230 e. The number of halogens is 1. The normalized spacial score (nSPS) is 18.2. The summed E-state index contributed by atoms with van der Waals surface area (Å²) in [6, 6.07) is 8.03. The molecule has 1 amide bonds. The third-order valence-electron chi connectivity index (χ3n) is 3.58. The van der Waals surface area contributed by atoms with E-state index in [0.29, 0.717) is 19.0 Å². The molecule has 0 spiro atoms. The van der Waals surface area contributed by atoms with Crippen LogP contribution in [0.2, 0.25) is 0 Å². The van der Waals surface area contributed by atoms with Crippen LogP contribution in [0.4, 0.5) is 0 Å². The van der Waals surface area contributed by atoms with Gasteiger partial charge in [0.15, 0.2) is 0 Å². The van der Waals surface area contributed by atoms with E-state index in [1.165, 1.54) is 0 Å². The van der Waals surface area contributed by atoms with Gasteiger partial charge in [-0.05, 0) is 43.0 Å². The van der Waals surface area contributed by atoms with Crippen molar-refractivity contribution in [2.24, 2.45) is 11.7 Å². The molecule has 1 aromatic carbocycles. The van der Waals surface area contributed by atoms with Gasteiger partial charge < -0.3 is 11.1 Å². The number of nitrogens with two attached hydrogens (primary N) is 1. The molecule has 3 N–H and O–H groups in total. The van der Waals surface area contributed by atoms with Crippen molar-refractivity contribution >= 4 is 21.8 Å². The fourth-order valence-corrected chi connectivity index (χ4v) is 2.48. The molecule has 1 aliphatic rings. The van der Waals surface area contributed by atoms with Crippen LogP contribution in [0.1, 0.15) is 25.3 Å². The highest BCUT2D eigenvalue weighted by Gasteiger charge is 2.51. The van der Waals surface area contributed by atoms with Gasteiger partial charge in [0.2, 0.25) is 5.91 Å². The Labute approximate surface area is 116 Å². The fraction of sp³-hybridized carbons (Fsp3) is 0.500. The summed E-state index contributed by atoms with van der Waals surface area (Å²) in [5, 5.41) is 3.02. The molecule has 1 fully saturated rings. The zero-order valence-corrected chi connectivity index (χ0v) is 12.2. The van der Waals surface area contributed by atoms with E-state index in [9.17, 15) is 4.79 Å². The summed E-state index contributed by atoms with van der Waals surface area (Å²) < 4.78 is 1.02. The van der Waals surface area contributed by atoms with Gasteiger partial charge in [-0.15, -0.1) is 0 Å². The van der Waals surface area contributed by atoms with Crippen molar-refractivity contribution in [3.05, 3.63) is 34.3 Å². The number of nitrogens with one attached hydrogen (secondary N) is 1. The minimum atomic E-state index is -0.294. The standard InChI is InChI=1S/C14H19BrN2O/c1-10(8-16)9-17-13(18)14(5-6-14)11-3-2-4-12(15)7-11/h2-4,7,10H,5-6,8-9,16H2,1H3,(H,17,18). The van der Waals surface area contributed by atoms with Gasteiger partial charge in [0, 0.05) is 11.0 Å². The molecule has 18 heavy (non-hydrogen) atoms. The molecule has 98 valence electrons. The maximum absolute atomic E-state index is 12.3. The number of rotatable bonds is 5. The third-order valence-corrected chi connectivity index (χ3v) is 4.07. The van der Waals surface area contributed by atoms with Crippen LogP contribution in [0, 0.1) is 5.92 Å². The van der Waals surface area contributed by atoms with Crippen LogP contribution in [-0.2, 0) is 10.2 Å². The summed E-state index contributed by atoms with van der Waals surface area (Å²) in [6.45, 7) is 3.30. The second-order valence-corrected chi connectivity index (χ2v) is 6.06. The summed E-state index contributed by atoms with van der Waals surface area (Å²) >= 11 is 3.46. The van der Waals surface area contributed by atoms with Gasteiger partial charge in [0.05, 0.1) is 5.41 Å². The number of hydrogen-bond acceptors (Lipinski definition) is 2. The Morgan fingerprint density at radius 3 is 2.83 bits per heavy atom. The minimum Gasteiger partial charge on any atom is -0.355 e. The third kappa shape index (κ3) is 2.75. The van der Waals surface area contributed by atoms with Crippen LogP contribution >= 0.6 is 15.9 Å². The van der Waals surface area contributed by atoms with Crippen molar-refractivity contribution in [3.63, 3.8) is 0 Å². The van der Waals surface area contributed by atoms with Gasteiger partial charge >= 0.3 is 0 Å². The van der Waals surface area contributed by atoms with E-state index in [0.717, 1.165) is 22.9 Å². The molecule has 2 rings (SSSR count). The van der Waals surface area contributed by atoms with E-state index in [2.05, 4.69) is 21.2 Å². The summed E-state index contributed by atoms with van der Waals surface area (Å²) in [7, 11) is 0. The number of amides is 1. The molecule has 0 aromatic heterocycles. The highest BCUT2D eigenvalue weighted by Crippen LogP contribution is 2.48. The van der Waals surface area contributed by atoms with E-state index >= 15 is 0 Å². The molecule has 1 unspecified atom stereocenters. The Morgan fingerprint density at radius 1 is 1.56 bits per heavy atom. The average molecular weight is 311 g/mol. The number of hydrogen-bond donors (Lipinski definition) is 2. The van der Waals surface area contributed by atoms with Crippen LogP contribution in [0.3, 0.4) is 0 Å². The SMILES string of the molecule is CC(CN)CNC(=O)C1(c2cccc(Br)c2)CC1. The second-order valence-electron chi connectivity index (χ2n) is 5.14. The van der Waals surface area contributed by atoms with Crippen LogP contribution in [0.15, 0.2) is 28.7 Å². The van der Waals surface area contributed by atoms with E-state index in [1.54, 1.807) is 0 Å². The zero-order chi connectivity index (χ0) is 13.2. The van der Waals surface area contributed by atoms with Gasteiger partial charge in [-0.25, -0.2) is 0 Å². The maximum atomic E-state index is 12.3. The summed E-state index contributed by atoms with van der Waals surface area (Å²) in [5.74, 6) is 0.466. The first-order chi connectivity index (χ1) is 8.58. The van der Waals surface area contributed by atoms with Gasteiger partial charge in [-0.3, -0.25) is 4.79 Å². The van der Waals surface area contributed by atoms with Gasteiger partial charge in [0.1, 0.15) is 0 Å². The Morgan fingerprint density at radius 2 is 2.28 bits per heavy atom. The molecule has 0 heterocycles. The topological polar surface area (TPSA) is 55.1 Å². The van der Waals surface area contributed by atoms with Gasteiger partial charge in [0.25, 0.3) is 0 Å². The Hall–Kier alpha value is -0.870. The Balaban J connectivity index is 2.05. The quantitative estimate of drug-likeness (QED) is 0.876. The summed E-state index contributed by atoms with van der Waals surface area (Å²) in [5.41, 5.74) is 6.37. The lowest BCUT2D eigenvalue weighted by Crippen LogP contribution is -2.38. The second kappa shape index (κ2) is 5.41. The lowest BCUT2D eigenvalue weighted by molar-refractivity contribution is -0.123. The van der Waals surface area contributed by atoms with Crippen molar-refractivity contribution in [1.82, 2.24) is 5.32 Å². The Kier molecular flexibility index (Phi) is 4.07. The molecule has 1 atom stereocenters. The number of carbonyl (C=O) groups is 1. The first-order valence-electron chi connectivity index (χ1n) is 6.33. The summed E-state index contributed by atoms with van der Waals surface area (Å²) in [6.07, 6.45) is 1.87. The van der Waals surface area contributed by atoms with Crippen LogP contribution < -0.4 is 11.1 Å². The average Bonchev–Trinajstić information content (AvgIpc) is 3.17. The maximum Gasteiger partial charge on any atom is 0.230 e. The molecular formula is C14H19BrN2O. The number of benzene rings is 1. The lowest BCUT2D eigenvalue weighted by atomic mass is 9.95. The zero-order valence-electron chi connectivity index (χ0n) is 10.6. The van der Waals surface area contributed by atoms with E-state index in [4.69, 9.17) is 5.73 Å². The van der Waals surface area contributed by atoms with E-state index in [-0.39, 0.29) is 11.3 Å². The first-order valence-corrected chi connectivity index (χ1v) is 7.12. The lowest BCUT2D eigenvalue weighted by Gasteiger charge is -2.17. The van der Waals surface area contributed by atoms with Crippen molar-refractivity contribution in [2.75, 3.05) is 13.1 Å². The van der Waals surface area contributed by atoms with Crippen molar-refractivity contribution in [1.29, 1.82) is 0 Å². The van der Waals surface area contributed by atoms with E-state index in [1.807, 2.05) is 31.2 Å². The predicted molar refractivity (Wildman–Crippen MR) is 76.3 cm³/mol. The molecule has 4 heteroatoms. The molecule has 0 bridgehead atoms. The summed E-state index contributed by atoms with van der Waals surface area (Å²) in [4.78, 5) is 12.3. The van der Waals surface area contributed by atoms with Gasteiger partial charge in [-0.1, -0.05) is 35.0 Å². The van der Waals surface area contributed by atoms with Gasteiger partial charge in [-0.2, -0.15) is 0 Å². The van der Waals surface area contributed by atoms with E-state index < -0.39 is 0 Å². The monoisotopic (exact) mass is 310 g/mol. The molecule has 0 saturated heterocycles. The molecular weight excluding hydrogens is 292 g/mol. The molecule has 1 saturated carbocycles. The largest absolute Gasteiger partial charge is 0.355 e. The molecule has 3 nitrogen and oxygen atoms in total. The molecule has 0 aliphatic heterocycles. The molecule has 0 radical (unpaired) electrons. The fourth-order valence-electron chi connectivity index (χ4n) is 2.08. The van der Waals surface area contributed by atoms with Crippen LogP contribution in [-0.4, -0.2) is 19.0 Å². The van der Waals surface area contributed by atoms with Crippen molar-refractivity contribution in [3.8, 4) is 0 Å². The first kappa shape index (κ1) is 13.6.